The van der Waals surface area contributed by atoms with Crippen LogP contribution >= 0.6 is 12.4 Å². The van der Waals surface area contributed by atoms with Gasteiger partial charge in [-0.3, -0.25) is 4.79 Å². The highest BCUT2D eigenvalue weighted by atomic mass is 35.5. The van der Waals surface area contributed by atoms with Crippen LogP contribution in [-0.2, 0) is 16.1 Å². The highest BCUT2D eigenvalue weighted by Crippen LogP contribution is 2.25. The average molecular weight is 287 g/mol. The second-order valence-electron chi connectivity index (χ2n) is 4.89. The van der Waals surface area contributed by atoms with Crippen molar-refractivity contribution >= 4 is 18.3 Å². The van der Waals surface area contributed by atoms with E-state index in [-0.39, 0.29) is 30.5 Å². The molecule has 3 rings (SSSR count). The third-order valence-corrected chi connectivity index (χ3v) is 3.67. The summed E-state index contributed by atoms with van der Waals surface area (Å²) in [6, 6.07) is 4.10. The zero-order valence-corrected chi connectivity index (χ0v) is 11.4. The molecular formula is C13H19ClN2O3. The summed E-state index contributed by atoms with van der Waals surface area (Å²) < 4.78 is 11.0. The molecule has 6 heteroatoms. The van der Waals surface area contributed by atoms with Gasteiger partial charge < -0.3 is 19.8 Å². The predicted octanol–water partition coefficient (Wildman–Crippen LogP) is 1.23. The molecule has 0 saturated carbocycles. The highest BCUT2D eigenvalue weighted by Gasteiger charge is 2.37. The van der Waals surface area contributed by atoms with Crippen molar-refractivity contribution in [3.05, 3.63) is 24.2 Å². The van der Waals surface area contributed by atoms with Crippen LogP contribution in [0.3, 0.4) is 0 Å². The fraction of sp³-hybridized carbons (Fsp3) is 0.615. The van der Waals surface area contributed by atoms with E-state index >= 15 is 0 Å². The molecule has 0 spiro atoms. The van der Waals surface area contributed by atoms with Crippen molar-refractivity contribution in [2.45, 2.75) is 44.1 Å². The molecule has 2 aliphatic rings. The number of carbonyl (C=O) groups excluding carboxylic acids is 1. The molecule has 2 saturated heterocycles. The smallest absolute Gasteiger partial charge is 0.249 e. The number of ether oxygens (including phenoxy) is 1. The largest absolute Gasteiger partial charge is 0.467 e. The van der Waals surface area contributed by atoms with Crippen molar-refractivity contribution in [3.63, 3.8) is 0 Å². The van der Waals surface area contributed by atoms with Gasteiger partial charge in [0.25, 0.3) is 0 Å². The van der Waals surface area contributed by atoms with E-state index in [0.29, 0.717) is 12.6 Å². The summed E-state index contributed by atoms with van der Waals surface area (Å²) in [4.78, 5) is 12.0. The van der Waals surface area contributed by atoms with Crippen molar-refractivity contribution in [1.29, 1.82) is 0 Å². The Kier molecular flexibility index (Phi) is 4.85. The standard InChI is InChI=1S/C13H18N2O3.ClH/c16-13(15-8-9-2-1-7-17-9)12-4-3-10-11(18-12)5-6-14-10;/h1-2,7,10-12,14H,3-6,8H2,(H,15,16);1H/t10-,11-,12-;/m1./s1. The third-order valence-electron chi connectivity index (χ3n) is 3.67. The number of hydrogen-bond donors (Lipinski definition) is 2. The Balaban J connectivity index is 0.00000133. The minimum absolute atomic E-state index is 0. The van der Waals surface area contributed by atoms with Crippen LogP contribution in [-0.4, -0.2) is 30.7 Å². The van der Waals surface area contributed by atoms with Gasteiger partial charge in [0.05, 0.1) is 18.9 Å². The van der Waals surface area contributed by atoms with Crippen LogP contribution in [0.25, 0.3) is 0 Å². The minimum Gasteiger partial charge on any atom is -0.467 e. The first-order valence-electron chi connectivity index (χ1n) is 6.52. The summed E-state index contributed by atoms with van der Waals surface area (Å²) in [7, 11) is 0. The first-order chi connectivity index (χ1) is 8.83. The molecule has 1 aromatic heterocycles. The number of hydrogen-bond acceptors (Lipinski definition) is 4. The molecule has 3 heterocycles. The SMILES string of the molecule is Cl.O=C(NCc1ccco1)[C@H]1CC[C@H]2NCC[C@H]2O1. The molecule has 0 bridgehead atoms. The van der Waals surface area contributed by atoms with E-state index < -0.39 is 0 Å². The van der Waals surface area contributed by atoms with Gasteiger partial charge in [0.1, 0.15) is 11.9 Å². The van der Waals surface area contributed by atoms with Gasteiger partial charge in [-0.25, -0.2) is 0 Å². The lowest BCUT2D eigenvalue weighted by molar-refractivity contribution is -0.142. The normalized spacial score (nSPS) is 29.4. The van der Waals surface area contributed by atoms with Crippen molar-refractivity contribution in [3.8, 4) is 0 Å². The summed E-state index contributed by atoms with van der Waals surface area (Å²) >= 11 is 0. The molecule has 2 aliphatic heterocycles. The predicted molar refractivity (Wildman–Crippen MR) is 72.1 cm³/mol. The number of nitrogens with one attached hydrogen (secondary N) is 2. The number of halogens is 1. The molecule has 5 nitrogen and oxygen atoms in total. The highest BCUT2D eigenvalue weighted by molar-refractivity contribution is 5.85. The summed E-state index contributed by atoms with van der Waals surface area (Å²) in [5.41, 5.74) is 0. The molecule has 2 fully saturated rings. The van der Waals surface area contributed by atoms with Gasteiger partial charge in [-0.05, 0) is 37.9 Å². The van der Waals surface area contributed by atoms with Crippen molar-refractivity contribution in [1.82, 2.24) is 10.6 Å². The first-order valence-corrected chi connectivity index (χ1v) is 6.52. The van der Waals surface area contributed by atoms with Gasteiger partial charge in [0.15, 0.2) is 0 Å². The summed E-state index contributed by atoms with van der Waals surface area (Å²) in [6.07, 6.45) is 4.32. The lowest BCUT2D eigenvalue weighted by Crippen LogP contribution is -2.46. The fourth-order valence-electron chi connectivity index (χ4n) is 2.70. The summed E-state index contributed by atoms with van der Waals surface area (Å²) in [5.74, 6) is 0.733. The first kappa shape index (κ1) is 14.4. The summed E-state index contributed by atoms with van der Waals surface area (Å²) in [5, 5.41) is 6.26. The monoisotopic (exact) mass is 286 g/mol. The van der Waals surface area contributed by atoms with Crippen molar-refractivity contribution in [2.75, 3.05) is 6.54 Å². The number of rotatable bonds is 3. The molecule has 1 amide bonds. The Morgan fingerprint density at radius 2 is 2.32 bits per heavy atom. The van der Waals surface area contributed by atoms with E-state index in [1.54, 1.807) is 6.26 Å². The fourth-order valence-corrected chi connectivity index (χ4v) is 2.70. The maximum Gasteiger partial charge on any atom is 0.249 e. The number of fused-ring (bicyclic) bond motifs is 1. The molecule has 0 aromatic carbocycles. The molecule has 3 atom stereocenters. The molecule has 1 aromatic rings. The Morgan fingerprint density at radius 3 is 3.11 bits per heavy atom. The minimum atomic E-state index is -0.305. The van der Waals surface area contributed by atoms with Crippen LogP contribution in [0.1, 0.15) is 25.0 Å². The maximum atomic E-state index is 12.0. The van der Waals surface area contributed by atoms with Gasteiger partial charge in [0, 0.05) is 6.04 Å². The van der Waals surface area contributed by atoms with Gasteiger partial charge in [-0.15, -0.1) is 12.4 Å². The van der Waals surface area contributed by atoms with E-state index in [9.17, 15) is 4.79 Å². The third kappa shape index (κ3) is 3.29. The average Bonchev–Trinajstić information content (AvgIpc) is 3.05. The van der Waals surface area contributed by atoms with Crippen molar-refractivity contribution < 1.29 is 13.9 Å². The Hall–Kier alpha value is -1.04. The molecule has 2 N–H and O–H groups in total. The van der Waals surface area contributed by atoms with Gasteiger partial charge in [-0.1, -0.05) is 0 Å². The molecule has 0 radical (unpaired) electrons. The number of carbonyl (C=O) groups is 1. The topological polar surface area (TPSA) is 63.5 Å². The number of amides is 1. The van der Waals surface area contributed by atoms with E-state index in [1.807, 2.05) is 12.1 Å². The van der Waals surface area contributed by atoms with Crippen molar-refractivity contribution in [2.24, 2.45) is 0 Å². The number of furan rings is 1. The summed E-state index contributed by atoms with van der Waals surface area (Å²) in [6.45, 7) is 1.42. The van der Waals surface area contributed by atoms with E-state index in [0.717, 1.165) is 31.6 Å². The maximum absolute atomic E-state index is 12.0. The van der Waals surface area contributed by atoms with Crippen LogP contribution in [0.4, 0.5) is 0 Å². The lowest BCUT2D eigenvalue weighted by Gasteiger charge is -2.31. The Labute approximate surface area is 118 Å². The molecular weight excluding hydrogens is 268 g/mol. The van der Waals surface area contributed by atoms with Crippen LogP contribution in [0.5, 0.6) is 0 Å². The second kappa shape index (κ2) is 6.41. The Bertz CT molecular complexity index is 410. The van der Waals surface area contributed by atoms with Gasteiger partial charge in [0.2, 0.25) is 5.91 Å². The van der Waals surface area contributed by atoms with Crippen LogP contribution in [0.2, 0.25) is 0 Å². The Morgan fingerprint density at radius 1 is 1.42 bits per heavy atom. The second-order valence-corrected chi connectivity index (χ2v) is 4.89. The molecule has 0 aliphatic carbocycles. The quantitative estimate of drug-likeness (QED) is 0.877. The van der Waals surface area contributed by atoms with Crippen LogP contribution < -0.4 is 10.6 Å². The molecule has 19 heavy (non-hydrogen) atoms. The van der Waals surface area contributed by atoms with Crippen LogP contribution in [0, 0.1) is 0 Å². The van der Waals surface area contributed by atoms with E-state index in [4.69, 9.17) is 9.15 Å². The van der Waals surface area contributed by atoms with E-state index in [2.05, 4.69) is 10.6 Å². The van der Waals surface area contributed by atoms with E-state index in [1.165, 1.54) is 0 Å². The van der Waals surface area contributed by atoms with Crippen LogP contribution in [0.15, 0.2) is 22.8 Å². The zero-order valence-electron chi connectivity index (χ0n) is 10.6. The van der Waals surface area contributed by atoms with Gasteiger partial charge >= 0.3 is 0 Å². The zero-order chi connectivity index (χ0) is 12.4. The molecule has 106 valence electrons. The lowest BCUT2D eigenvalue weighted by atomic mass is 9.99. The van der Waals surface area contributed by atoms with Gasteiger partial charge in [-0.2, -0.15) is 0 Å². The molecule has 0 unspecified atom stereocenters.